The van der Waals surface area contributed by atoms with Gasteiger partial charge in [0.2, 0.25) is 29.5 Å². The predicted octanol–water partition coefficient (Wildman–Crippen LogP) is 3.62. The second kappa shape index (κ2) is 20.2. The van der Waals surface area contributed by atoms with Crippen molar-refractivity contribution in [1.82, 2.24) is 31.2 Å². The summed E-state index contributed by atoms with van der Waals surface area (Å²) in [6, 6.07) is 33.8. The van der Waals surface area contributed by atoms with Crippen LogP contribution < -0.4 is 32.7 Å². The summed E-state index contributed by atoms with van der Waals surface area (Å²) < 4.78 is 0. The number of nitrogens with one attached hydrogen (secondary N) is 6. The second-order valence-corrected chi connectivity index (χ2v) is 15.6. The summed E-state index contributed by atoms with van der Waals surface area (Å²) in [5.41, 5.74) is 17.5. The lowest BCUT2D eigenvalue weighted by molar-refractivity contribution is -0.134. The Morgan fingerprint density at radius 2 is 0.841 bits per heavy atom. The van der Waals surface area contributed by atoms with Crippen LogP contribution >= 0.6 is 0 Å². The summed E-state index contributed by atoms with van der Waals surface area (Å²) in [7, 11) is 0. The normalized spacial score (nSPS) is 13.6. The summed E-state index contributed by atoms with van der Waals surface area (Å²) in [6.45, 7) is 0. The van der Waals surface area contributed by atoms with Crippen molar-refractivity contribution in [3.05, 3.63) is 174 Å². The van der Waals surface area contributed by atoms with Gasteiger partial charge in [-0.3, -0.25) is 24.0 Å². The van der Waals surface area contributed by atoms with Gasteiger partial charge < -0.3 is 47.8 Å². The van der Waals surface area contributed by atoms with Crippen molar-refractivity contribution in [3.63, 3.8) is 0 Å². The molecule has 322 valence electrons. The molecule has 5 atom stereocenters. The highest BCUT2D eigenvalue weighted by Gasteiger charge is 2.33. The molecule has 0 radical (unpaired) electrons. The smallest absolute Gasteiger partial charge is 0.243 e. The fraction of sp³-hybridized carbons (Fsp3) is 0.204. The van der Waals surface area contributed by atoms with Crippen LogP contribution in [0.5, 0.6) is 5.75 Å². The van der Waals surface area contributed by atoms with Crippen molar-refractivity contribution < 1.29 is 29.1 Å². The van der Waals surface area contributed by atoms with E-state index in [0.29, 0.717) is 5.56 Å². The SMILES string of the molecule is NC(=O)[C@H](Cc1ccccc1)NC(=O)[C@H](Cc1ccccc1)NC(=O)[C@@H](Cc1c[nH]c2ccccc12)NC(=O)[C@@H](Cc1c[nH]c2ccccc12)NC(=O)[C@@H](N)Cc1ccc(O)cc1. The Kier molecular flexibility index (Phi) is 13.9. The van der Waals surface area contributed by atoms with E-state index in [1.165, 1.54) is 12.1 Å². The van der Waals surface area contributed by atoms with Gasteiger partial charge in [0.05, 0.1) is 6.04 Å². The molecule has 2 heterocycles. The number of aromatic nitrogens is 2. The van der Waals surface area contributed by atoms with E-state index in [2.05, 4.69) is 31.2 Å². The molecule has 14 nitrogen and oxygen atoms in total. The number of phenols is 1. The van der Waals surface area contributed by atoms with Crippen molar-refractivity contribution in [3.8, 4) is 5.75 Å². The Hall–Kier alpha value is -7.71. The number of hydrogen-bond acceptors (Lipinski definition) is 7. The molecule has 5 aromatic carbocycles. The van der Waals surface area contributed by atoms with Crippen LogP contribution in [0.4, 0.5) is 0 Å². The highest BCUT2D eigenvalue weighted by atomic mass is 16.3. The number of aromatic hydroxyl groups is 1. The molecule has 5 amide bonds. The predicted molar refractivity (Wildman–Crippen MR) is 241 cm³/mol. The first-order valence-corrected chi connectivity index (χ1v) is 20.7. The number of amides is 5. The number of carbonyl (C=O) groups excluding carboxylic acids is 5. The van der Waals surface area contributed by atoms with Gasteiger partial charge in [0, 0.05) is 59.9 Å². The molecule has 14 heteroatoms. The first-order chi connectivity index (χ1) is 30.5. The number of nitrogens with two attached hydrogens (primary N) is 2. The van der Waals surface area contributed by atoms with E-state index in [9.17, 15) is 29.1 Å². The lowest BCUT2D eigenvalue weighted by atomic mass is 9.99. The number of para-hydroxylation sites is 2. The maximum absolute atomic E-state index is 14.7. The average Bonchev–Trinajstić information content (AvgIpc) is 3.90. The van der Waals surface area contributed by atoms with Gasteiger partial charge in [0.1, 0.15) is 29.9 Å². The minimum atomic E-state index is -1.26. The van der Waals surface area contributed by atoms with E-state index in [4.69, 9.17) is 11.5 Å². The van der Waals surface area contributed by atoms with Crippen LogP contribution in [0.2, 0.25) is 0 Å². The molecule has 7 aromatic rings. The number of primary amides is 1. The average molecular weight is 847 g/mol. The lowest BCUT2D eigenvalue weighted by Crippen LogP contribution is -2.60. The standard InChI is InChI=1S/C49H50N8O6/c50-38(23-32-19-21-35(58)22-20-32)46(60)55-43(26-33-28-52-39-17-9-7-15-36(33)39)48(62)57-44(27-34-29-53-40-18-10-8-16-37(34)40)49(63)56-42(25-31-13-5-2-6-14-31)47(61)54-41(45(51)59)24-30-11-3-1-4-12-30/h1-22,28-29,38,41-44,52-53,58H,23-27,50H2,(H2,51,59)(H,54,61)(H,55,60)(H,56,63)(H,57,62)/t38-,41-,42-,43+,44+/m0/s1. The number of fused-ring (bicyclic) bond motifs is 2. The summed E-state index contributed by atoms with van der Waals surface area (Å²) in [6.07, 6.45) is 3.91. The monoisotopic (exact) mass is 846 g/mol. The van der Waals surface area contributed by atoms with E-state index >= 15 is 0 Å². The minimum absolute atomic E-state index is 0.00724. The van der Waals surface area contributed by atoms with Gasteiger partial charge >= 0.3 is 0 Å². The molecule has 0 aliphatic rings. The Morgan fingerprint density at radius 3 is 1.32 bits per heavy atom. The quantitative estimate of drug-likeness (QED) is 0.0586. The summed E-state index contributed by atoms with van der Waals surface area (Å²) in [5.74, 6) is -3.25. The molecule has 0 saturated carbocycles. The zero-order valence-corrected chi connectivity index (χ0v) is 34.4. The topological polar surface area (TPSA) is 237 Å². The first-order valence-electron chi connectivity index (χ1n) is 20.7. The van der Waals surface area contributed by atoms with Crippen LogP contribution in [0.15, 0.2) is 146 Å². The molecular formula is C49H50N8O6. The number of rotatable bonds is 19. The first kappa shape index (κ1) is 43.4. The zero-order valence-electron chi connectivity index (χ0n) is 34.4. The highest BCUT2D eigenvalue weighted by Crippen LogP contribution is 2.22. The minimum Gasteiger partial charge on any atom is -0.508 e. The third-order valence-corrected chi connectivity index (χ3v) is 11.1. The fourth-order valence-electron chi connectivity index (χ4n) is 7.67. The van der Waals surface area contributed by atoms with Crippen molar-refractivity contribution in [2.45, 2.75) is 62.3 Å². The Bertz CT molecular complexity index is 2680. The molecule has 0 fully saturated rings. The second-order valence-electron chi connectivity index (χ2n) is 15.6. The van der Waals surface area contributed by atoms with Crippen molar-refractivity contribution in [1.29, 1.82) is 0 Å². The number of carbonyl (C=O) groups is 5. The zero-order chi connectivity index (χ0) is 44.3. The Labute approximate surface area is 363 Å². The van der Waals surface area contributed by atoms with Crippen LogP contribution in [0.3, 0.4) is 0 Å². The van der Waals surface area contributed by atoms with Gasteiger partial charge in [-0.25, -0.2) is 0 Å². The van der Waals surface area contributed by atoms with E-state index in [1.807, 2.05) is 109 Å². The van der Waals surface area contributed by atoms with Gasteiger partial charge in [-0.15, -0.1) is 0 Å². The van der Waals surface area contributed by atoms with Crippen LogP contribution in [0.25, 0.3) is 21.8 Å². The van der Waals surface area contributed by atoms with E-state index in [0.717, 1.165) is 44.1 Å². The van der Waals surface area contributed by atoms with Gasteiger partial charge in [0.25, 0.3) is 0 Å². The van der Waals surface area contributed by atoms with Crippen molar-refractivity contribution >= 4 is 51.3 Å². The maximum Gasteiger partial charge on any atom is 0.243 e. The van der Waals surface area contributed by atoms with E-state index < -0.39 is 59.7 Å². The van der Waals surface area contributed by atoms with E-state index in [-0.39, 0.29) is 37.9 Å². The highest BCUT2D eigenvalue weighted by molar-refractivity contribution is 5.97. The molecule has 0 unspecified atom stereocenters. The molecule has 0 bridgehead atoms. The van der Waals surface area contributed by atoms with Crippen LogP contribution in [-0.2, 0) is 56.1 Å². The number of H-pyrrole nitrogens is 2. The van der Waals surface area contributed by atoms with Gasteiger partial charge in [-0.1, -0.05) is 109 Å². The van der Waals surface area contributed by atoms with Crippen molar-refractivity contribution in [2.75, 3.05) is 0 Å². The van der Waals surface area contributed by atoms with Crippen molar-refractivity contribution in [2.24, 2.45) is 11.5 Å². The molecule has 0 spiro atoms. The largest absolute Gasteiger partial charge is 0.508 e. The van der Waals surface area contributed by atoms with Crippen LogP contribution in [0.1, 0.15) is 27.8 Å². The van der Waals surface area contributed by atoms with Gasteiger partial charge in [-0.2, -0.15) is 0 Å². The summed E-state index contributed by atoms with van der Waals surface area (Å²) >= 11 is 0. The third kappa shape index (κ3) is 11.4. The maximum atomic E-state index is 14.7. The third-order valence-electron chi connectivity index (χ3n) is 11.1. The fourth-order valence-corrected chi connectivity index (χ4v) is 7.67. The summed E-state index contributed by atoms with van der Waals surface area (Å²) in [5, 5.41) is 22.8. The van der Waals surface area contributed by atoms with Crippen LogP contribution in [-0.4, -0.2) is 74.8 Å². The lowest BCUT2D eigenvalue weighted by Gasteiger charge is -2.27. The summed E-state index contributed by atoms with van der Waals surface area (Å²) in [4.78, 5) is 76.3. The number of phenolic OH excluding ortho intramolecular Hbond substituents is 1. The van der Waals surface area contributed by atoms with Gasteiger partial charge in [-0.05, 0) is 58.5 Å². The number of benzene rings is 5. The number of hydrogen-bond donors (Lipinski definition) is 9. The van der Waals surface area contributed by atoms with Gasteiger partial charge in [0.15, 0.2) is 0 Å². The molecule has 0 saturated heterocycles. The van der Waals surface area contributed by atoms with Crippen LogP contribution in [0, 0.1) is 0 Å². The van der Waals surface area contributed by atoms with E-state index in [1.54, 1.807) is 24.5 Å². The molecule has 11 N–H and O–H groups in total. The molecule has 0 aliphatic heterocycles. The molecule has 2 aromatic heterocycles. The molecule has 7 rings (SSSR count). The Balaban J connectivity index is 1.18. The Morgan fingerprint density at radius 1 is 0.460 bits per heavy atom. The molecule has 0 aliphatic carbocycles. The molecule has 63 heavy (non-hydrogen) atoms. The number of aromatic amines is 2. The molecular weight excluding hydrogens is 797 g/mol.